The summed E-state index contributed by atoms with van der Waals surface area (Å²) in [7, 11) is -3.97. The Balaban J connectivity index is 2.19. The summed E-state index contributed by atoms with van der Waals surface area (Å²) in [5.41, 5.74) is 1.17. The molecule has 0 atom stereocenters. The van der Waals surface area contributed by atoms with Gasteiger partial charge < -0.3 is 10.1 Å². The van der Waals surface area contributed by atoms with Crippen LogP contribution >= 0.6 is 11.3 Å². The van der Waals surface area contributed by atoms with Gasteiger partial charge in [-0.1, -0.05) is 18.3 Å². The van der Waals surface area contributed by atoms with Crippen molar-refractivity contribution in [2.45, 2.75) is 31.5 Å². The Labute approximate surface area is 154 Å². The maximum atomic E-state index is 12.4. The number of aryl methyl sites for hydroxylation is 1. The third-order valence-corrected chi connectivity index (χ3v) is 5.76. The molecule has 0 aliphatic rings. The number of nitrogens with one attached hydrogen (secondary N) is 2. The highest BCUT2D eigenvalue weighted by Gasteiger charge is 2.22. The predicted molar refractivity (Wildman–Crippen MR) is 96.8 cm³/mol. The minimum atomic E-state index is -3.97. The van der Waals surface area contributed by atoms with Crippen molar-refractivity contribution in [3.05, 3.63) is 29.3 Å². The molecule has 1 heterocycles. The third-order valence-electron chi connectivity index (χ3n) is 3.19. The maximum absolute atomic E-state index is 12.4. The number of carbonyl (C=O) groups excluding carboxylic acids is 2. The Morgan fingerprint density at radius 3 is 2.58 bits per heavy atom. The molecule has 2 rings (SSSR count). The number of ether oxygens (including phenoxy) is 1. The van der Waals surface area contributed by atoms with Gasteiger partial charge in [0.1, 0.15) is 0 Å². The van der Waals surface area contributed by atoms with Gasteiger partial charge in [-0.2, -0.15) is 8.42 Å². The number of nitrogens with zero attached hydrogens (tertiary/aromatic N) is 2. The van der Waals surface area contributed by atoms with Crippen molar-refractivity contribution in [2.75, 3.05) is 16.6 Å². The molecule has 0 saturated carbocycles. The number of anilines is 2. The van der Waals surface area contributed by atoms with Crippen molar-refractivity contribution >= 4 is 44.1 Å². The second-order valence-electron chi connectivity index (χ2n) is 5.13. The molecule has 0 spiro atoms. The fraction of sp³-hybridized carbons (Fsp3) is 0.333. The van der Waals surface area contributed by atoms with E-state index in [9.17, 15) is 18.0 Å². The van der Waals surface area contributed by atoms with Crippen LogP contribution in [-0.2, 0) is 19.6 Å². The van der Waals surface area contributed by atoms with Gasteiger partial charge in [0, 0.05) is 6.42 Å². The minimum absolute atomic E-state index is 0.103. The molecule has 1 amide bonds. The summed E-state index contributed by atoms with van der Waals surface area (Å²) in [6.07, 6.45) is 0.242. The number of hydrogen-bond donors (Lipinski definition) is 2. The van der Waals surface area contributed by atoms with Crippen molar-refractivity contribution < 1.29 is 22.7 Å². The van der Waals surface area contributed by atoms with Crippen molar-refractivity contribution in [2.24, 2.45) is 0 Å². The van der Waals surface area contributed by atoms with Gasteiger partial charge in [-0.3, -0.25) is 9.52 Å². The average molecular weight is 398 g/mol. The van der Waals surface area contributed by atoms with Crippen LogP contribution in [0.5, 0.6) is 0 Å². The van der Waals surface area contributed by atoms with Crippen molar-refractivity contribution in [3.8, 4) is 0 Å². The first-order valence-electron chi connectivity index (χ1n) is 7.70. The lowest BCUT2D eigenvalue weighted by molar-refractivity contribution is -0.115. The summed E-state index contributed by atoms with van der Waals surface area (Å²) in [4.78, 5) is 23.1. The van der Waals surface area contributed by atoms with Crippen LogP contribution in [0.2, 0.25) is 0 Å². The molecule has 2 N–H and O–H groups in total. The fourth-order valence-corrected chi connectivity index (χ4v) is 3.93. The maximum Gasteiger partial charge on any atom is 0.338 e. The zero-order valence-corrected chi connectivity index (χ0v) is 16.0. The van der Waals surface area contributed by atoms with Crippen LogP contribution in [0.15, 0.2) is 22.5 Å². The molecule has 140 valence electrons. The van der Waals surface area contributed by atoms with E-state index < -0.39 is 16.0 Å². The SMILES string of the molecule is CCOC(=O)c1ccc(NS(=O)(=O)c2nnc(NC(=O)CC)s2)c(C)c1. The van der Waals surface area contributed by atoms with Gasteiger partial charge in [0.2, 0.25) is 11.0 Å². The largest absolute Gasteiger partial charge is 0.462 e. The van der Waals surface area contributed by atoms with E-state index >= 15 is 0 Å². The van der Waals surface area contributed by atoms with Gasteiger partial charge in [-0.05, 0) is 37.6 Å². The van der Waals surface area contributed by atoms with Crippen molar-refractivity contribution in [1.82, 2.24) is 10.2 Å². The summed E-state index contributed by atoms with van der Waals surface area (Å²) in [5.74, 6) is -0.770. The van der Waals surface area contributed by atoms with E-state index in [0.29, 0.717) is 16.8 Å². The van der Waals surface area contributed by atoms with Crippen LogP contribution in [0.1, 0.15) is 36.2 Å². The highest BCUT2D eigenvalue weighted by Crippen LogP contribution is 2.25. The predicted octanol–water partition coefficient (Wildman–Crippen LogP) is 2.17. The quantitative estimate of drug-likeness (QED) is 0.540. The lowest BCUT2D eigenvalue weighted by Crippen LogP contribution is -2.14. The lowest BCUT2D eigenvalue weighted by Gasteiger charge is -2.10. The molecular formula is C15H18N4O5S2. The van der Waals surface area contributed by atoms with Gasteiger partial charge in [0.05, 0.1) is 17.9 Å². The first-order valence-corrected chi connectivity index (χ1v) is 10.0. The monoisotopic (exact) mass is 398 g/mol. The summed E-state index contributed by atoms with van der Waals surface area (Å²) in [5, 5.41) is 9.81. The smallest absolute Gasteiger partial charge is 0.338 e. The molecule has 0 aliphatic carbocycles. The van der Waals surface area contributed by atoms with Crippen LogP contribution in [0.4, 0.5) is 10.8 Å². The Kier molecular flexibility index (Phi) is 6.27. The second kappa shape index (κ2) is 8.23. The molecule has 0 unspecified atom stereocenters. The van der Waals surface area contributed by atoms with E-state index in [1.165, 1.54) is 18.2 Å². The third kappa shape index (κ3) is 4.76. The Bertz CT molecular complexity index is 924. The number of aromatic nitrogens is 2. The van der Waals surface area contributed by atoms with Crippen LogP contribution in [0.25, 0.3) is 0 Å². The van der Waals surface area contributed by atoms with Crippen LogP contribution in [0.3, 0.4) is 0 Å². The molecular weight excluding hydrogens is 380 g/mol. The van der Waals surface area contributed by atoms with Gasteiger partial charge in [0.25, 0.3) is 14.4 Å². The zero-order valence-electron chi connectivity index (χ0n) is 14.4. The summed E-state index contributed by atoms with van der Waals surface area (Å²) < 4.78 is 31.9. The molecule has 26 heavy (non-hydrogen) atoms. The van der Waals surface area contributed by atoms with Crippen LogP contribution in [-0.4, -0.2) is 37.1 Å². The number of hydrogen-bond acceptors (Lipinski definition) is 8. The molecule has 0 saturated heterocycles. The highest BCUT2D eigenvalue weighted by molar-refractivity contribution is 7.94. The topological polar surface area (TPSA) is 127 Å². The summed E-state index contributed by atoms with van der Waals surface area (Å²) in [6.45, 7) is 5.28. The van der Waals surface area contributed by atoms with E-state index in [2.05, 4.69) is 20.2 Å². The molecule has 0 fully saturated rings. The molecule has 1 aromatic heterocycles. The first kappa shape index (κ1) is 19.8. The first-order chi connectivity index (χ1) is 12.3. The number of benzene rings is 1. The minimum Gasteiger partial charge on any atom is -0.462 e. The second-order valence-corrected chi connectivity index (χ2v) is 7.96. The summed E-state index contributed by atoms with van der Waals surface area (Å²) >= 11 is 0.745. The number of rotatable bonds is 7. The standard InChI is InChI=1S/C15H18N4O5S2/c1-4-12(20)16-14-17-18-15(25-14)26(22,23)19-11-7-6-10(8-9(11)3)13(21)24-5-2/h6-8,19H,4-5H2,1-3H3,(H,16,17,20). The number of sulfonamides is 1. The lowest BCUT2D eigenvalue weighted by atomic mass is 10.1. The Morgan fingerprint density at radius 1 is 1.23 bits per heavy atom. The normalized spacial score (nSPS) is 11.0. The molecule has 11 heteroatoms. The van der Waals surface area contributed by atoms with E-state index in [1.54, 1.807) is 20.8 Å². The molecule has 0 aliphatic heterocycles. The Hall–Kier alpha value is -2.53. The van der Waals surface area contributed by atoms with E-state index in [0.717, 1.165) is 11.3 Å². The number of carbonyl (C=O) groups is 2. The molecule has 0 radical (unpaired) electrons. The fourth-order valence-electron chi connectivity index (χ4n) is 1.88. The van der Waals surface area contributed by atoms with Crippen molar-refractivity contribution in [3.63, 3.8) is 0 Å². The molecule has 9 nitrogen and oxygen atoms in total. The zero-order chi connectivity index (χ0) is 19.3. The van der Waals surface area contributed by atoms with Crippen LogP contribution < -0.4 is 10.0 Å². The van der Waals surface area contributed by atoms with Crippen molar-refractivity contribution in [1.29, 1.82) is 0 Å². The van der Waals surface area contributed by atoms with E-state index in [1.807, 2.05) is 0 Å². The Morgan fingerprint density at radius 2 is 1.96 bits per heavy atom. The molecule has 0 bridgehead atoms. The molecule has 2 aromatic rings. The van der Waals surface area contributed by atoms with Crippen LogP contribution in [0, 0.1) is 6.92 Å². The highest BCUT2D eigenvalue weighted by atomic mass is 32.2. The average Bonchev–Trinajstić information content (AvgIpc) is 3.06. The van der Waals surface area contributed by atoms with Gasteiger partial charge in [-0.25, -0.2) is 4.79 Å². The van der Waals surface area contributed by atoms with Gasteiger partial charge in [-0.15, -0.1) is 10.2 Å². The van der Waals surface area contributed by atoms with Gasteiger partial charge in [0.15, 0.2) is 0 Å². The summed E-state index contributed by atoms with van der Waals surface area (Å²) in [6, 6.07) is 4.47. The number of amides is 1. The van der Waals surface area contributed by atoms with E-state index in [4.69, 9.17) is 4.74 Å². The number of esters is 1. The van der Waals surface area contributed by atoms with E-state index in [-0.39, 0.29) is 28.4 Å². The molecule has 1 aromatic carbocycles. The van der Waals surface area contributed by atoms with Gasteiger partial charge >= 0.3 is 5.97 Å².